The molecule has 5 aromatic carbocycles. The number of esters is 1. The molecule has 0 bridgehead atoms. The fourth-order valence-corrected chi connectivity index (χ4v) is 5.87. The van der Waals surface area contributed by atoms with Gasteiger partial charge in [-0.15, -0.1) is 0 Å². The molecule has 38 heavy (non-hydrogen) atoms. The van der Waals surface area contributed by atoms with Gasteiger partial charge in [0.15, 0.2) is 0 Å². The lowest BCUT2D eigenvalue weighted by atomic mass is 9.67. The summed E-state index contributed by atoms with van der Waals surface area (Å²) in [5, 5.41) is 0. The highest BCUT2D eigenvalue weighted by atomic mass is 16.5. The van der Waals surface area contributed by atoms with E-state index >= 15 is 0 Å². The molecule has 0 N–H and O–H groups in total. The van der Waals surface area contributed by atoms with E-state index in [4.69, 9.17) is 9.47 Å². The summed E-state index contributed by atoms with van der Waals surface area (Å²) in [5.41, 5.74) is 9.20. The lowest BCUT2D eigenvalue weighted by molar-refractivity contribution is 0.0733. The Morgan fingerprint density at radius 2 is 1.11 bits per heavy atom. The van der Waals surface area contributed by atoms with Crippen LogP contribution in [0.4, 0.5) is 0 Å². The summed E-state index contributed by atoms with van der Waals surface area (Å²) in [4.78, 5) is 12.8. The molecular formula is C35H28O3. The fraction of sp³-hybridized carbons (Fsp3) is 0.114. The maximum Gasteiger partial charge on any atom is 0.343 e. The zero-order chi connectivity index (χ0) is 26.3. The Morgan fingerprint density at radius 3 is 1.63 bits per heavy atom. The maximum absolute atomic E-state index is 12.8. The SMILES string of the molecule is COc1ccc(C2(c3ccc(OC(=O)c4ccccc4)c(C)c3)c3ccccc3-c3ccccc32)cc1C. The highest BCUT2D eigenvalue weighted by molar-refractivity contribution is 5.91. The number of aryl methyl sites for hydroxylation is 2. The summed E-state index contributed by atoms with van der Waals surface area (Å²) in [6.45, 7) is 4.08. The predicted octanol–water partition coefficient (Wildman–Crippen LogP) is 7.89. The van der Waals surface area contributed by atoms with Gasteiger partial charge in [-0.2, -0.15) is 0 Å². The number of ether oxygens (including phenoxy) is 2. The van der Waals surface area contributed by atoms with Gasteiger partial charge in [0.05, 0.1) is 18.1 Å². The number of fused-ring (bicyclic) bond motifs is 3. The Balaban J connectivity index is 1.56. The second-order valence-electron chi connectivity index (χ2n) is 9.76. The first-order valence-electron chi connectivity index (χ1n) is 12.8. The first kappa shape index (κ1) is 23.7. The van der Waals surface area contributed by atoms with Gasteiger partial charge in [0.25, 0.3) is 0 Å². The third kappa shape index (κ3) is 3.62. The van der Waals surface area contributed by atoms with E-state index < -0.39 is 5.41 Å². The Hall–Kier alpha value is -4.63. The Kier molecular flexibility index (Phi) is 5.84. The topological polar surface area (TPSA) is 35.5 Å². The lowest BCUT2D eigenvalue weighted by Crippen LogP contribution is -2.29. The second kappa shape index (κ2) is 9.35. The molecule has 0 saturated heterocycles. The third-order valence-corrected chi connectivity index (χ3v) is 7.60. The van der Waals surface area contributed by atoms with Crippen LogP contribution in [0.1, 0.15) is 43.7 Å². The minimum Gasteiger partial charge on any atom is -0.496 e. The molecule has 1 aliphatic carbocycles. The first-order chi connectivity index (χ1) is 18.5. The van der Waals surface area contributed by atoms with Gasteiger partial charge in [0, 0.05) is 0 Å². The van der Waals surface area contributed by atoms with Gasteiger partial charge < -0.3 is 9.47 Å². The van der Waals surface area contributed by atoms with Crippen molar-refractivity contribution in [3.05, 3.63) is 154 Å². The van der Waals surface area contributed by atoms with Crippen molar-refractivity contribution in [3.63, 3.8) is 0 Å². The average molecular weight is 497 g/mol. The summed E-state index contributed by atoms with van der Waals surface area (Å²) in [6, 6.07) is 39.0. The van der Waals surface area contributed by atoms with Crippen LogP contribution in [0.25, 0.3) is 11.1 Å². The fourth-order valence-electron chi connectivity index (χ4n) is 5.87. The number of rotatable bonds is 5. The number of hydrogen-bond acceptors (Lipinski definition) is 3. The van der Waals surface area contributed by atoms with Crippen molar-refractivity contribution in [2.45, 2.75) is 19.3 Å². The van der Waals surface area contributed by atoms with E-state index in [2.05, 4.69) is 85.8 Å². The number of hydrogen-bond donors (Lipinski definition) is 0. The lowest BCUT2D eigenvalue weighted by Gasteiger charge is -2.34. The van der Waals surface area contributed by atoms with Crippen molar-refractivity contribution in [2.24, 2.45) is 0 Å². The van der Waals surface area contributed by atoms with Crippen molar-refractivity contribution < 1.29 is 14.3 Å². The summed E-state index contributed by atoms with van der Waals surface area (Å²) < 4.78 is 11.4. The van der Waals surface area contributed by atoms with Crippen LogP contribution in [0, 0.1) is 13.8 Å². The third-order valence-electron chi connectivity index (χ3n) is 7.60. The molecule has 3 heteroatoms. The quantitative estimate of drug-likeness (QED) is 0.180. The van der Waals surface area contributed by atoms with E-state index in [0.717, 1.165) is 22.4 Å². The van der Waals surface area contributed by atoms with Gasteiger partial charge in [0.1, 0.15) is 11.5 Å². The normalized spacial score (nSPS) is 12.9. The monoisotopic (exact) mass is 496 g/mol. The molecule has 0 radical (unpaired) electrons. The molecule has 0 fully saturated rings. The second-order valence-corrected chi connectivity index (χ2v) is 9.76. The van der Waals surface area contributed by atoms with Crippen LogP contribution in [-0.4, -0.2) is 13.1 Å². The molecule has 0 spiro atoms. The van der Waals surface area contributed by atoms with E-state index in [-0.39, 0.29) is 5.97 Å². The molecule has 6 rings (SSSR count). The smallest absolute Gasteiger partial charge is 0.343 e. The zero-order valence-corrected chi connectivity index (χ0v) is 21.7. The molecule has 0 unspecified atom stereocenters. The summed E-state index contributed by atoms with van der Waals surface area (Å²) >= 11 is 0. The minimum absolute atomic E-state index is 0.362. The van der Waals surface area contributed by atoms with E-state index in [1.807, 2.05) is 31.2 Å². The molecule has 0 saturated carbocycles. The summed E-state index contributed by atoms with van der Waals surface area (Å²) in [5.74, 6) is 1.06. The van der Waals surface area contributed by atoms with Crippen molar-refractivity contribution >= 4 is 5.97 Å². The minimum atomic E-state index is -0.531. The molecular weight excluding hydrogens is 468 g/mol. The molecule has 186 valence electrons. The zero-order valence-electron chi connectivity index (χ0n) is 21.7. The highest BCUT2D eigenvalue weighted by Gasteiger charge is 2.46. The standard InChI is InChI=1S/C35H28O3/c1-23-21-26(17-19-32(23)37-3)35(30-15-9-7-13-28(30)29-14-8-10-16-31(29)35)27-18-20-33(24(2)22-27)38-34(36)25-11-5-4-6-12-25/h4-22H,1-3H3. The van der Waals surface area contributed by atoms with Crippen molar-refractivity contribution in [3.8, 4) is 22.6 Å². The summed E-state index contributed by atoms with van der Waals surface area (Å²) in [6.07, 6.45) is 0. The van der Waals surface area contributed by atoms with Gasteiger partial charge in [-0.1, -0.05) is 91.0 Å². The van der Waals surface area contributed by atoms with E-state index in [0.29, 0.717) is 11.3 Å². The molecule has 1 aliphatic rings. The molecule has 0 atom stereocenters. The van der Waals surface area contributed by atoms with Crippen molar-refractivity contribution in [2.75, 3.05) is 7.11 Å². The van der Waals surface area contributed by atoms with Gasteiger partial charge >= 0.3 is 5.97 Å². The van der Waals surface area contributed by atoms with Crippen LogP contribution in [0.3, 0.4) is 0 Å². The molecule has 0 heterocycles. The van der Waals surface area contributed by atoms with Crippen molar-refractivity contribution in [1.82, 2.24) is 0 Å². The number of carbonyl (C=O) groups excluding carboxylic acids is 1. The Morgan fingerprint density at radius 1 is 0.605 bits per heavy atom. The van der Waals surface area contributed by atoms with Gasteiger partial charge in [-0.3, -0.25) is 0 Å². The van der Waals surface area contributed by atoms with E-state index in [1.165, 1.54) is 27.8 Å². The molecule has 5 aromatic rings. The number of methoxy groups -OCH3 is 1. The van der Waals surface area contributed by atoms with Crippen LogP contribution in [0.15, 0.2) is 115 Å². The van der Waals surface area contributed by atoms with Gasteiger partial charge in [0.2, 0.25) is 0 Å². The Bertz CT molecular complexity index is 1620. The Labute approximate surface area is 223 Å². The van der Waals surface area contributed by atoms with Crippen LogP contribution in [0.2, 0.25) is 0 Å². The summed E-state index contributed by atoms with van der Waals surface area (Å²) in [7, 11) is 1.71. The molecule has 3 nitrogen and oxygen atoms in total. The average Bonchev–Trinajstić information content (AvgIpc) is 3.26. The van der Waals surface area contributed by atoms with Crippen LogP contribution in [-0.2, 0) is 5.41 Å². The largest absolute Gasteiger partial charge is 0.496 e. The number of benzene rings is 5. The van der Waals surface area contributed by atoms with Crippen molar-refractivity contribution in [1.29, 1.82) is 0 Å². The van der Waals surface area contributed by atoms with Gasteiger partial charge in [-0.05, 0) is 82.6 Å². The van der Waals surface area contributed by atoms with E-state index in [1.54, 1.807) is 19.2 Å². The highest BCUT2D eigenvalue weighted by Crippen LogP contribution is 2.56. The van der Waals surface area contributed by atoms with Crippen LogP contribution < -0.4 is 9.47 Å². The number of carbonyl (C=O) groups is 1. The predicted molar refractivity (Wildman–Crippen MR) is 151 cm³/mol. The first-order valence-corrected chi connectivity index (χ1v) is 12.8. The van der Waals surface area contributed by atoms with Crippen LogP contribution >= 0.6 is 0 Å². The molecule has 0 aliphatic heterocycles. The van der Waals surface area contributed by atoms with E-state index in [9.17, 15) is 4.79 Å². The molecule has 0 amide bonds. The molecule has 0 aromatic heterocycles. The van der Waals surface area contributed by atoms with Gasteiger partial charge in [-0.25, -0.2) is 4.79 Å². The van der Waals surface area contributed by atoms with Crippen LogP contribution in [0.5, 0.6) is 11.5 Å². The maximum atomic E-state index is 12.8.